The number of benzene rings is 1. The third-order valence-electron chi connectivity index (χ3n) is 2.91. The molecule has 0 saturated carbocycles. The predicted octanol–water partition coefficient (Wildman–Crippen LogP) is 3.25. The summed E-state index contributed by atoms with van der Waals surface area (Å²) in [7, 11) is 1.73. The van der Waals surface area contributed by atoms with Crippen molar-refractivity contribution in [2.75, 3.05) is 33.5 Å². The summed E-state index contributed by atoms with van der Waals surface area (Å²) in [5, 5.41) is 3.40. The summed E-state index contributed by atoms with van der Waals surface area (Å²) in [6.07, 6.45) is 1.02. The first-order valence-electron chi connectivity index (χ1n) is 7.75. The van der Waals surface area contributed by atoms with Crippen LogP contribution >= 0.6 is 0 Å². The first-order chi connectivity index (χ1) is 10.2. The second-order valence-electron chi connectivity index (χ2n) is 5.44. The molecule has 0 radical (unpaired) electrons. The van der Waals surface area contributed by atoms with E-state index in [0.29, 0.717) is 19.1 Å². The van der Waals surface area contributed by atoms with E-state index in [1.54, 1.807) is 7.11 Å². The van der Waals surface area contributed by atoms with E-state index in [2.05, 4.69) is 31.3 Å². The van der Waals surface area contributed by atoms with Crippen molar-refractivity contribution < 1.29 is 14.2 Å². The number of methoxy groups -OCH3 is 1. The smallest absolute Gasteiger partial charge is 0.161 e. The maximum Gasteiger partial charge on any atom is 0.161 e. The molecule has 0 aromatic heterocycles. The van der Waals surface area contributed by atoms with Gasteiger partial charge in [-0.05, 0) is 43.5 Å². The lowest BCUT2D eigenvalue weighted by molar-refractivity contribution is 0.194. The van der Waals surface area contributed by atoms with Gasteiger partial charge in [-0.1, -0.05) is 19.9 Å². The molecule has 1 aromatic rings. The first-order valence-corrected chi connectivity index (χ1v) is 7.75. The third-order valence-corrected chi connectivity index (χ3v) is 2.91. The second kappa shape index (κ2) is 10.5. The topological polar surface area (TPSA) is 39.7 Å². The number of rotatable bonds is 11. The van der Waals surface area contributed by atoms with Gasteiger partial charge in [0.05, 0.1) is 13.2 Å². The van der Waals surface area contributed by atoms with Gasteiger partial charge in [0.15, 0.2) is 11.5 Å². The van der Waals surface area contributed by atoms with Crippen LogP contribution in [-0.4, -0.2) is 33.5 Å². The molecule has 0 aliphatic rings. The Morgan fingerprint density at radius 3 is 2.62 bits per heavy atom. The van der Waals surface area contributed by atoms with Crippen molar-refractivity contribution in [1.82, 2.24) is 5.32 Å². The number of hydrogen-bond donors (Lipinski definition) is 1. The molecule has 0 saturated heterocycles. The summed E-state index contributed by atoms with van der Waals surface area (Å²) < 4.78 is 16.5. The summed E-state index contributed by atoms with van der Waals surface area (Å²) in [5.74, 6) is 2.16. The first kappa shape index (κ1) is 17.8. The minimum atomic E-state index is 0.501. The average molecular weight is 295 g/mol. The van der Waals surface area contributed by atoms with Crippen LogP contribution in [0, 0.1) is 5.92 Å². The molecule has 0 fully saturated rings. The number of hydrogen-bond acceptors (Lipinski definition) is 4. The van der Waals surface area contributed by atoms with E-state index >= 15 is 0 Å². The van der Waals surface area contributed by atoms with Gasteiger partial charge in [0.1, 0.15) is 0 Å². The zero-order valence-electron chi connectivity index (χ0n) is 13.8. The highest BCUT2D eigenvalue weighted by Gasteiger charge is 2.07. The van der Waals surface area contributed by atoms with Crippen molar-refractivity contribution in [3.05, 3.63) is 23.8 Å². The van der Waals surface area contributed by atoms with Crippen LogP contribution in [0.25, 0.3) is 0 Å². The standard InChI is InChI=1S/C17H29NO3/c1-5-20-17-11-15(12-18-9-6-10-19-4)7-8-16(17)21-13-14(2)3/h7-8,11,14,18H,5-6,9-10,12-13H2,1-4H3. The molecule has 0 bridgehead atoms. The van der Waals surface area contributed by atoms with Crippen molar-refractivity contribution in [3.63, 3.8) is 0 Å². The molecule has 0 heterocycles. The van der Waals surface area contributed by atoms with E-state index in [-0.39, 0.29) is 0 Å². The summed E-state index contributed by atoms with van der Waals surface area (Å²) in [6, 6.07) is 6.14. The number of nitrogens with one attached hydrogen (secondary N) is 1. The van der Waals surface area contributed by atoms with Gasteiger partial charge in [0.25, 0.3) is 0 Å². The zero-order valence-corrected chi connectivity index (χ0v) is 13.8. The van der Waals surface area contributed by atoms with Gasteiger partial charge in [-0.2, -0.15) is 0 Å². The summed E-state index contributed by atoms with van der Waals surface area (Å²) >= 11 is 0. The molecule has 0 aliphatic carbocycles. The molecule has 0 spiro atoms. The average Bonchev–Trinajstić information content (AvgIpc) is 2.46. The van der Waals surface area contributed by atoms with Crippen molar-refractivity contribution >= 4 is 0 Å². The van der Waals surface area contributed by atoms with Gasteiger partial charge < -0.3 is 19.5 Å². The minimum Gasteiger partial charge on any atom is -0.490 e. The maximum atomic E-state index is 5.80. The SMILES string of the molecule is CCOc1cc(CNCCCOC)ccc1OCC(C)C. The van der Waals surface area contributed by atoms with Gasteiger partial charge in [-0.25, -0.2) is 0 Å². The summed E-state index contributed by atoms with van der Waals surface area (Å²) in [6.45, 7) is 10.2. The Kier molecular flexibility index (Phi) is 8.87. The van der Waals surface area contributed by atoms with Gasteiger partial charge in [-0.15, -0.1) is 0 Å². The highest BCUT2D eigenvalue weighted by atomic mass is 16.5. The van der Waals surface area contributed by atoms with Gasteiger partial charge in [0, 0.05) is 20.3 Å². The van der Waals surface area contributed by atoms with Crippen LogP contribution in [0.1, 0.15) is 32.8 Å². The minimum absolute atomic E-state index is 0.501. The third kappa shape index (κ3) is 7.34. The molecule has 1 N–H and O–H groups in total. The van der Waals surface area contributed by atoms with Crippen LogP contribution < -0.4 is 14.8 Å². The molecule has 4 heteroatoms. The van der Waals surface area contributed by atoms with E-state index in [4.69, 9.17) is 14.2 Å². The highest BCUT2D eigenvalue weighted by molar-refractivity contribution is 5.43. The fourth-order valence-electron chi connectivity index (χ4n) is 1.88. The van der Waals surface area contributed by atoms with E-state index in [1.165, 1.54) is 5.56 Å². The second-order valence-corrected chi connectivity index (χ2v) is 5.44. The van der Waals surface area contributed by atoms with Crippen LogP contribution in [0.2, 0.25) is 0 Å². The van der Waals surface area contributed by atoms with Crippen molar-refractivity contribution in [3.8, 4) is 11.5 Å². The van der Waals surface area contributed by atoms with Crippen molar-refractivity contribution in [1.29, 1.82) is 0 Å². The van der Waals surface area contributed by atoms with Gasteiger partial charge >= 0.3 is 0 Å². The lowest BCUT2D eigenvalue weighted by Gasteiger charge is -2.15. The summed E-state index contributed by atoms with van der Waals surface area (Å²) in [4.78, 5) is 0. The molecular weight excluding hydrogens is 266 g/mol. The van der Waals surface area contributed by atoms with Gasteiger partial charge in [-0.3, -0.25) is 0 Å². The molecule has 0 unspecified atom stereocenters. The normalized spacial score (nSPS) is 10.9. The van der Waals surface area contributed by atoms with E-state index < -0.39 is 0 Å². The Morgan fingerprint density at radius 2 is 1.95 bits per heavy atom. The molecule has 1 aromatic carbocycles. The Labute approximate surface area is 128 Å². The van der Waals surface area contributed by atoms with Crippen molar-refractivity contribution in [2.24, 2.45) is 5.92 Å². The lowest BCUT2D eigenvalue weighted by atomic mass is 10.2. The molecule has 0 aliphatic heterocycles. The largest absolute Gasteiger partial charge is 0.490 e. The van der Waals surface area contributed by atoms with Crippen LogP contribution in [0.3, 0.4) is 0 Å². The van der Waals surface area contributed by atoms with Crippen LogP contribution in [0.15, 0.2) is 18.2 Å². The predicted molar refractivity (Wildman–Crippen MR) is 86.1 cm³/mol. The highest BCUT2D eigenvalue weighted by Crippen LogP contribution is 2.28. The quantitative estimate of drug-likeness (QED) is 0.636. The maximum absolute atomic E-state index is 5.80. The fraction of sp³-hybridized carbons (Fsp3) is 0.647. The van der Waals surface area contributed by atoms with Crippen LogP contribution in [0.4, 0.5) is 0 Å². The van der Waals surface area contributed by atoms with Crippen LogP contribution in [0.5, 0.6) is 11.5 Å². The molecule has 21 heavy (non-hydrogen) atoms. The lowest BCUT2D eigenvalue weighted by Crippen LogP contribution is -2.16. The summed E-state index contributed by atoms with van der Waals surface area (Å²) in [5.41, 5.74) is 1.20. The molecule has 120 valence electrons. The van der Waals surface area contributed by atoms with E-state index in [9.17, 15) is 0 Å². The molecule has 0 amide bonds. The Balaban J connectivity index is 2.55. The van der Waals surface area contributed by atoms with Crippen LogP contribution in [-0.2, 0) is 11.3 Å². The Morgan fingerprint density at radius 1 is 1.14 bits per heavy atom. The Bertz CT molecular complexity index is 394. The monoisotopic (exact) mass is 295 g/mol. The van der Waals surface area contributed by atoms with E-state index in [1.807, 2.05) is 13.0 Å². The van der Waals surface area contributed by atoms with E-state index in [0.717, 1.165) is 37.6 Å². The molecule has 4 nitrogen and oxygen atoms in total. The molecule has 1 rings (SSSR count). The zero-order chi connectivity index (χ0) is 15.5. The van der Waals surface area contributed by atoms with Gasteiger partial charge in [0.2, 0.25) is 0 Å². The Hall–Kier alpha value is -1.26. The fourth-order valence-corrected chi connectivity index (χ4v) is 1.88. The molecule has 0 atom stereocenters. The molecular formula is C17H29NO3. The number of ether oxygens (including phenoxy) is 3. The van der Waals surface area contributed by atoms with Crippen molar-refractivity contribution in [2.45, 2.75) is 33.7 Å².